The van der Waals surface area contributed by atoms with Crippen LogP contribution in [-0.4, -0.2) is 55.1 Å². The first-order valence-electron chi connectivity index (χ1n) is 10.3. The van der Waals surface area contributed by atoms with Gasteiger partial charge in [0.2, 0.25) is 0 Å². The quantitative estimate of drug-likeness (QED) is 0.372. The summed E-state index contributed by atoms with van der Waals surface area (Å²) in [6.07, 6.45) is 0.763. The Kier molecular flexibility index (Phi) is 5.12. The molecule has 4 aromatic rings. The zero-order chi connectivity index (χ0) is 22.4. The van der Waals surface area contributed by atoms with E-state index < -0.39 is 30.4 Å². The van der Waals surface area contributed by atoms with Crippen molar-refractivity contribution < 1.29 is 19.3 Å². The molecule has 0 radical (unpaired) electrons. The van der Waals surface area contributed by atoms with E-state index in [0.717, 1.165) is 10.9 Å². The number of fused-ring (bicyclic) bond motifs is 2. The van der Waals surface area contributed by atoms with Crippen molar-refractivity contribution in [2.24, 2.45) is 0 Å². The molecule has 1 saturated heterocycles. The van der Waals surface area contributed by atoms with Crippen LogP contribution in [0.4, 0.5) is 16.0 Å². The molecule has 0 unspecified atom stereocenters. The predicted molar refractivity (Wildman–Crippen MR) is 117 cm³/mol. The number of aliphatic hydroxyl groups is 2. The molecule has 0 spiro atoms. The second-order valence-electron chi connectivity index (χ2n) is 7.90. The summed E-state index contributed by atoms with van der Waals surface area (Å²) in [5, 5.41) is 25.7. The average molecular weight is 438 g/mol. The number of aliphatic hydroxyl groups excluding tert-OH is 2. The summed E-state index contributed by atoms with van der Waals surface area (Å²) in [5.41, 5.74) is 7.73. The van der Waals surface area contributed by atoms with Crippen LogP contribution in [0, 0.1) is 5.82 Å². The van der Waals surface area contributed by atoms with Gasteiger partial charge in [-0.05, 0) is 36.6 Å². The molecule has 1 aliphatic heterocycles. The van der Waals surface area contributed by atoms with Crippen molar-refractivity contribution in [2.45, 2.75) is 37.4 Å². The lowest BCUT2D eigenvalue weighted by Gasteiger charge is -2.17. The lowest BCUT2D eigenvalue weighted by atomic mass is 10.0. The first kappa shape index (κ1) is 20.6. The normalized spacial score (nSPS) is 23.2. The van der Waals surface area contributed by atoms with E-state index in [-0.39, 0.29) is 5.82 Å². The Labute approximate surface area is 182 Å². The van der Waals surface area contributed by atoms with Crippen LogP contribution in [-0.2, 0) is 11.2 Å². The van der Waals surface area contributed by atoms with E-state index in [2.05, 4.69) is 20.3 Å². The number of nitrogens with two attached hydrogens (primary N) is 1. The van der Waals surface area contributed by atoms with Gasteiger partial charge in [-0.25, -0.2) is 19.3 Å². The molecular weight excluding hydrogens is 415 g/mol. The molecular formula is C22H23FN6O3. The van der Waals surface area contributed by atoms with Crippen LogP contribution in [0.15, 0.2) is 42.9 Å². The fourth-order valence-corrected chi connectivity index (χ4v) is 4.24. The number of aromatic nitrogens is 4. The van der Waals surface area contributed by atoms with Crippen molar-refractivity contribution in [1.29, 1.82) is 0 Å². The van der Waals surface area contributed by atoms with Crippen LogP contribution in [0.2, 0.25) is 0 Å². The standard InChI is InChI=1S/C22H23FN6O3/c1-25-20-13-6-7-29(21(13)27-10-26-20)22-18(31)17(30)16(32-22)5-3-11-2-4-12-9-14(23)19(24)28-15(12)8-11/h2,4,6-10,16-18,22,30-31H,3,5H2,1H3,(H2,24,28)(H,25,26,27)/t16-,17-,18-,22-/m1/s1. The van der Waals surface area contributed by atoms with Gasteiger partial charge in [-0.1, -0.05) is 12.1 Å². The highest BCUT2D eigenvalue weighted by Gasteiger charge is 2.43. The van der Waals surface area contributed by atoms with Crippen LogP contribution in [0.3, 0.4) is 0 Å². The Bertz CT molecular complexity index is 1300. The number of pyridine rings is 1. The maximum Gasteiger partial charge on any atom is 0.165 e. The van der Waals surface area contributed by atoms with Crippen molar-refractivity contribution in [3.05, 3.63) is 54.2 Å². The summed E-state index contributed by atoms with van der Waals surface area (Å²) in [4.78, 5) is 12.6. The van der Waals surface area contributed by atoms with Gasteiger partial charge in [0, 0.05) is 18.6 Å². The van der Waals surface area contributed by atoms with Gasteiger partial charge in [-0.3, -0.25) is 0 Å². The van der Waals surface area contributed by atoms with E-state index in [1.165, 1.54) is 12.4 Å². The monoisotopic (exact) mass is 438 g/mol. The van der Waals surface area contributed by atoms with Gasteiger partial charge in [0.25, 0.3) is 0 Å². The minimum Gasteiger partial charge on any atom is -0.388 e. The van der Waals surface area contributed by atoms with Crippen LogP contribution in [0.5, 0.6) is 0 Å². The third-order valence-electron chi connectivity index (χ3n) is 5.94. The highest BCUT2D eigenvalue weighted by atomic mass is 19.1. The van der Waals surface area contributed by atoms with Gasteiger partial charge in [0.15, 0.2) is 17.9 Å². The van der Waals surface area contributed by atoms with E-state index in [9.17, 15) is 14.6 Å². The van der Waals surface area contributed by atoms with E-state index in [1.54, 1.807) is 23.9 Å². The largest absolute Gasteiger partial charge is 0.388 e. The molecule has 10 heteroatoms. The van der Waals surface area contributed by atoms with Gasteiger partial charge < -0.3 is 30.6 Å². The topological polar surface area (TPSA) is 131 Å². The summed E-state index contributed by atoms with van der Waals surface area (Å²) in [7, 11) is 1.77. The maximum atomic E-state index is 13.6. The molecule has 166 valence electrons. The fraction of sp³-hybridized carbons (Fsp3) is 0.318. The number of nitrogens with zero attached hydrogens (tertiary/aromatic N) is 4. The molecule has 3 aromatic heterocycles. The number of anilines is 2. The number of nitrogens with one attached hydrogen (secondary N) is 1. The first-order valence-corrected chi connectivity index (χ1v) is 10.3. The lowest BCUT2D eigenvalue weighted by Crippen LogP contribution is -2.31. The smallest absolute Gasteiger partial charge is 0.165 e. The number of rotatable bonds is 5. The SMILES string of the molecule is CNc1ncnc2c1ccn2[C@@H]1O[C@H](CCc2ccc3cc(F)c(N)nc3c2)[C@@H](O)[C@H]1O. The lowest BCUT2D eigenvalue weighted by molar-refractivity contribution is -0.0364. The minimum atomic E-state index is -1.11. The summed E-state index contributed by atoms with van der Waals surface area (Å²) in [5.74, 6) is -0.0134. The third kappa shape index (κ3) is 3.42. The van der Waals surface area contributed by atoms with Gasteiger partial charge in [-0.15, -0.1) is 0 Å². The number of halogens is 1. The van der Waals surface area contributed by atoms with Crippen molar-refractivity contribution in [3.8, 4) is 0 Å². The molecule has 0 aliphatic carbocycles. The molecule has 5 rings (SSSR count). The molecule has 1 aliphatic rings. The Balaban J connectivity index is 1.34. The molecule has 0 amide bonds. The third-order valence-corrected chi connectivity index (χ3v) is 5.94. The Morgan fingerprint density at radius 3 is 2.84 bits per heavy atom. The van der Waals surface area contributed by atoms with Crippen LogP contribution in [0.25, 0.3) is 21.9 Å². The van der Waals surface area contributed by atoms with E-state index in [4.69, 9.17) is 10.5 Å². The Hall–Kier alpha value is -3.34. The molecule has 5 N–H and O–H groups in total. The zero-order valence-corrected chi connectivity index (χ0v) is 17.3. The molecule has 1 fully saturated rings. The van der Waals surface area contributed by atoms with Gasteiger partial charge in [0.05, 0.1) is 17.0 Å². The zero-order valence-electron chi connectivity index (χ0n) is 17.3. The number of hydrogen-bond donors (Lipinski definition) is 4. The maximum absolute atomic E-state index is 13.6. The number of benzene rings is 1. The first-order chi connectivity index (χ1) is 15.5. The van der Waals surface area contributed by atoms with Gasteiger partial charge in [0.1, 0.15) is 30.0 Å². The summed E-state index contributed by atoms with van der Waals surface area (Å²) in [6.45, 7) is 0. The van der Waals surface area contributed by atoms with Crippen molar-refractivity contribution in [3.63, 3.8) is 0 Å². The molecule has 4 heterocycles. The predicted octanol–water partition coefficient (Wildman–Crippen LogP) is 1.99. The minimum absolute atomic E-state index is 0.139. The second kappa shape index (κ2) is 7.97. The highest BCUT2D eigenvalue weighted by molar-refractivity contribution is 5.87. The molecule has 0 bridgehead atoms. The van der Waals surface area contributed by atoms with Gasteiger partial charge in [-0.2, -0.15) is 0 Å². The van der Waals surface area contributed by atoms with Gasteiger partial charge >= 0.3 is 0 Å². The highest BCUT2D eigenvalue weighted by Crippen LogP contribution is 2.35. The van der Waals surface area contributed by atoms with Crippen LogP contribution < -0.4 is 11.1 Å². The average Bonchev–Trinajstić information content (AvgIpc) is 3.34. The van der Waals surface area contributed by atoms with Crippen molar-refractivity contribution in [1.82, 2.24) is 19.5 Å². The van der Waals surface area contributed by atoms with Crippen molar-refractivity contribution in [2.75, 3.05) is 18.1 Å². The van der Waals surface area contributed by atoms with E-state index in [0.29, 0.717) is 35.2 Å². The Morgan fingerprint density at radius 2 is 2.03 bits per heavy atom. The van der Waals surface area contributed by atoms with E-state index >= 15 is 0 Å². The number of nitrogen functional groups attached to an aromatic ring is 1. The van der Waals surface area contributed by atoms with Crippen LogP contribution >= 0.6 is 0 Å². The second-order valence-corrected chi connectivity index (χ2v) is 7.90. The number of ether oxygens (including phenoxy) is 1. The Morgan fingerprint density at radius 1 is 1.19 bits per heavy atom. The molecule has 9 nitrogen and oxygen atoms in total. The molecule has 1 aromatic carbocycles. The van der Waals surface area contributed by atoms with E-state index in [1.807, 2.05) is 18.2 Å². The summed E-state index contributed by atoms with van der Waals surface area (Å²) >= 11 is 0. The number of hydrogen-bond acceptors (Lipinski definition) is 8. The fourth-order valence-electron chi connectivity index (χ4n) is 4.24. The van der Waals surface area contributed by atoms with Crippen molar-refractivity contribution >= 4 is 33.6 Å². The molecule has 4 atom stereocenters. The molecule has 32 heavy (non-hydrogen) atoms. The summed E-state index contributed by atoms with van der Waals surface area (Å²) in [6, 6.07) is 8.71. The number of aryl methyl sites for hydroxylation is 1. The van der Waals surface area contributed by atoms with Crippen LogP contribution in [0.1, 0.15) is 18.2 Å². The molecule has 0 saturated carbocycles. The summed E-state index contributed by atoms with van der Waals surface area (Å²) < 4.78 is 21.4.